The summed E-state index contributed by atoms with van der Waals surface area (Å²) >= 11 is 0. The fourth-order valence-electron chi connectivity index (χ4n) is 2.21. The summed E-state index contributed by atoms with van der Waals surface area (Å²) in [6.07, 6.45) is 2.01. The van der Waals surface area contributed by atoms with Crippen molar-refractivity contribution in [1.29, 1.82) is 5.26 Å². The van der Waals surface area contributed by atoms with Crippen molar-refractivity contribution < 1.29 is 14.3 Å². The summed E-state index contributed by atoms with van der Waals surface area (Å²) in [5.74, 6) is 0.569. The molecule has 1 atom stereocenters. The van der Waals surface area contributed by atoms with E-state index in [-0.39, 0.29) is 11.8 Å². The van der Waals surface area contributed by atoms with Crippen LogP contribution in [0.2, 0.25) is 0 Å². The molecule has 1 saturated carbocycles. The Kier molecular flexibility index (Phi) is 3.96. The van der Waals surface area contributed by atoms with E-state index in [9.17, 15) is 4.79 Å². The zero-order chi connectivity index (χ0) is 14.8. The average Bonchev–Trinajstić information content (AvgIpc) is 3.31. The molecule has 5 heteroatoms. The zero-order valence-electron chi connectivity index (χ0n) is 11.9. The third kappa shape index (κ3) is 2.61. The number of benzene rings is 1. The average molecular weight is 274 g/mol. The van der Waals surface area contributed by atoms with Crippen LogP contribution in [-0.4, -0.2) is 25.7 Å². The number of anilines is 1. The van der Waals surface area contributed by atoms with Gasteiger partial charge in [0, 0.05) is 12.8 Å². The van der Waals surface area contributed by atoms with E-state index in [1.165, 1.54) is 7.11 Å². The van der Waals surface area contributed by atoms with E-state index >= 15 is 0 Å². The summed E-state index contributed by atoms with van der Waals surface area (Å²) in [6, 6.07) is 7.01. The molecule has 1 aliphatic rings. The number of ether oxygens (including phenoxy) is 2. The number of rotatable bonds is 5. The fourth-order valence-corrected chi connectivity index (χ4v) is 2.21. The third-order valence-electron chi connectivity index (χ3n) is 3.81. The summed E-state index contributed by atoms with van der Waals surface area (Å²) in [6.45, 7) is 1.80. The van der Waals surface area contributed by atoms with Gasteiger partial charge in [-0.05, 0) is 43.9 Å². The van der Waals surface area contributed by atoms with Crippen LogP contribution in [0.3, 0.4) is 0 Å². The Morgan fingerprint density at radius 3 is 2.65 bits per heavy atom. The molecule has 0 spiro atoms. The van der Waals surface area contributed by atoms with Crippen LogP contribution >= 0.6 is 0 Å². The monoisotopic (exact) mass is 274 g/mol. The number of amides is 1. The first-order valence-corrected chi connectivity index (χ1v) is 6.50. The highest BCUT2D eigenvalue weighted by Gasteiger charge is 2.47. The van der Waals surface area contributed by atoms with Gasteiger partial charge in [0.2, 0.25) is 0 Å². The molecule has 1 unspecified atom stereocenters. The number of carbonyl (C=O) groups is 1. The van der Waals surface area contributed by atoms with Crippen LogP contribution in [0.15, 0.2) is 18.2 Å². The maximum Gasteiger partial charge on any atom is 0.256 e. The van der Waals surface area contributed by atoms with E-state index < -0.39 is 5.60 Å². The van der Waals surface area contributed by atoms with Gasteiger partial charge >= 0.3 is 0 Å². The first kappa shape index (κ1) is 14.4. The van der Waals surface area contributed by atoms with Crippen molar-refractivity contribution in [2.75, 3.05) is 19.5 Å². The van der Waals surface area contributed by atoms with Crippen LogP contribution in [-0.2, 0) is 9.53 Å². The predicted molar refractivity (Wildman–Crippen MR) is 74.5 cm³/mol. The van der Waals surface area contributed by atoms with Crippen LogP contribution in [0.25, 0.3) is 0 Å². The summed E-state index contributed by atoms with van der Waals surface area (Å²) in [7, 11) is 3.05. The Labute approximate surface area is 118 Å². The molecule has 1 fully saturated rings. The van der Waals surface area contributed by atoms with E-state index in [1.54, 1.807) is 32.2 Å². The molecule has 0 aromatic heterocycles. The molecule has 1 aliphatic carbocycles. The quantitative estimate of drug-likeness (QED) is 0.894. The molecule has 106 valence electrons. The molecule has 0 aliphatic heterocycles. The molecule has 1 aromatic carbocycles. The second-order valence-corrected chi connectivity index (χ2v) is 5.07. The number of nitrogens with one attached hydrogen (secondary N) is 1. The lowest BCUT2D eigenvalue weighted by atomic mass is 9.99. The van der Waals surface area contributed by atoms with Gasteiger partial charge in [0.1, 0.15) is 17.4 Å². The maximum atomic E-state index is 12.4. The SMILES string of the molecule is COc1ccc(NC(=O)C(C)(OC)C2CC2)cc1C#N. The Morgan fingerprint density at radius 2 is 2.15 bits per heavy atom. The van der Waals surface area contributed by atoms with Crippen molar-refractivity contribution in [1.82, 2.24) is 0 Å². The molecule has 20 heavy (non-hydrogen) atoms. The van der Waals surface area contributed by atoms with Gasteiger partial charge in [-0.3, -0.25) is 4.79 Å². The molecule has 0 saturated heterocycles. The zero-order valence-corrected chi connectivity index (χ0v) is 11.9. The van der Waals surface area contributed by atoms with Crippen LogP contribution in [0.4, 0.5) is 5.69 Å². The van der Waals surface area contributed by atoms with Crippen LogP contribution in [0.1, 0.15) is 25.3 Å². The molecular formula is C15H18N2O3. The molecule has 5 nitrogen and oxygen atoms in total. The summed E-state index contributed by atoms with van der Waals surface area (Å²) in [5.41, 5.74) is 0.138. The van der Waals surface area contributed by atoms with Gasteiger partial charge in [-0.1, -0.05) is 0 Å². The minimum Gasteiger partial charge on any atom is -0.495 e. The standard InChI is InChI=1S/C15H18N2O3/c1-15(20-3,11-4-5-11)14(18)17-12-6-7-13(19-2)10(8-12)9-16/h6-8,11H,4-5H2,1-3H3,(H,17,18). The molecule has 0 heterocycles. The Bertz CT molecular complexity index is 561. The van der Waals surface area contributed by atoms with Crippen molar-refractivity contribution in [3.8, 4) is 11.8 Å². The van der Waals surface area contributed by atoms with Gasteiger partial charge < -0.3 is 14.8 Å². The molecule has 1 amide bonds. The Balaban J connectivity index is 2.18. The maximum absolute atomic E-state index is 12.4. The van der Waals surface area contributed by atoms with Gasteiger partial charge in [-0.15, -0.1) is 0 Å². The fraction of sp³-hybridized carbons (Fsp3) is 0.467. The number of hydrogen-bond acceptors (Lipinski definition) is 4. The molecule has 0 radical (unpaired) electrons. The Hall–Kier alpha value is -2.06. The molecule has 1 N–H and O–H groups in total. The number of methoxy groups -OCH3 is 2. The first-order valence-electron chi connectivity index (χ1n) is 6.50. The lowest BCUT2D eigenvalue weighted by Crippen LogP contribution is -2.44. The van der Waals surface area contributed by atoms with Crippen LogP contribution in [0.5, 0.6) is 5.75 Å². The van der Waals surface area contributed by atoms with Crippen molar-refractivity contribution in [3.63, 3.8) is 0 Å². The van der Waals surface area contributed by atoms with E-state index in [0.29, 0.717) is 17.0 Å². The van der Waals surface area contributed by atoms with Crippen molar-refractivity contribution >= 4 is 11.6 Å². The highest BCUT2D eigenvalue weighted by Crippen LogP contribution is 2.42. The number of nitriles is 1. The van der Waals surface area contributed by atoms with Gasteiger partial charge in [0.25, 0.3) is 5.91 Å². The largest absolute Gasteiger partial charge is 0.495 e. The number of nitrogens with zero attached hydrogens (tertiary/aromatic N) is 1. The minimum atomic E-state index is -0.813. The lowest BCUT2D eigenvalue weighted by Gasteiger charge is -2.26. The summed E-state index contributed by atoms with van der Waals surface area (Å²) < 4.78 is 10.5. The van der Waals surface area contributed by atoms with Gasteiger partial charge in [-0.25, -0.2) is 0 Å². The second-order valence-electron chi connectivity index (χ2n) is 5.07. The highest BCUT2D eigenvalue weighted by atomic mass is 16.5. The van der Waals surface area contributed by atoms with Gasteiger partial charge in [0.05, 0.1) is 12.7 Å². The molecule has 2 rings (SSSR count). The lowest BCUT2D eigenvalue weighted by molar-refractivity contribution is -0.138. The topological polar surface area (TPSA) is 71.3 Å². The van der Waals surface area contributed by atoms with Crippen LogP contribution < -0.4 is 10.1 Å². The van der Waals surface area contributed by atoms with E-state index in [1.807, 2.05) is 6.07 Å². The smallest absolute Gasteiger partial charge is 0.256 e. The third-order valence-corrected chi connectivity index (χ3v) is 3.81. The van der Waals surface area contributed by atoms with E-state index in [2.05, 4.69) is 5.32 Å². The van der Waals surface area contributed by atoms with E-state index in [0.717, 1.165) is 12.8 Å². The highest BCUT2D eigenvalue weighted by molar-refractivity contribution is 5.97. The van der Waals surface area contributed by atoms with E-state index in [4.69, 9.17) is 14.7 Å². The summed E-state index contributed by atoms with van der Waals surface area (Å²) in [5, 5.41) is 11.9. The predicted octanol–water partition coefficient (Wildman–Crippen LogP) is 2.32. The molecule has 0 bridgehead atoms. The second kappa shape index (κ2) is 5.51. The van der Waals surface area contributed by atoms with Crippen LogP contribution in [0, 0.1) is 17.2 Å². The number of hydrogen-bond donors (Lipinski definition) is 1. The Morgan fingerprint density at radius 1 is 1.45 bits per heavy atom. The van der Waals surface area contributed by atoms with Crippen molar-refractivity contribution in [2.24, 2.45) is 5.92 Å². The minimum absolute atomic E-state index is 0.184. The van der Waals surface area contributed by atoms with Crippen molar-refractivity contribution in [3.05, 3.63) is 23.8 Å². The molecule has 1 aromatic rings. The first-order chi connectivity index (χ1) is 9.55. The van der Waals surface area contributed by atoms with Crippen molar-refractivity contribution in [2.45, 2.75) is 25.4 Å². The molecular weight excluding hydrogens is 256 g/mol. The number of carbonyl (C=O) groups excluding carboxylic acids is 1. The van der Waals surface area contributed by atoms with Gasteiger partial charge in [-0.2, -0.15) is 5.26 Å². The summed E-state index contributed by atoms with van der Waals surface area (Å²) in [4.78, 5) is 12.4. The normalized spacial score (nSPS) is 16.9. The van der Waals surface area contributed by atoms with Gasteiger partial charge in [0.15, 0.2) is 0 Å².